The SMILES string of the molecule is CCNC(=NCc1ccc(C)cc1C)NCC(=O)NCCOC.I. The zero-order valence-electron chi connectivity index (χ0n) is 14.9. The second-order valence-corrected chi connectivity index (χ2v) is 5.32. The van der Waals surface area contributed by atoms with Crippen LogP contribution in [0.3, 0.4) is 0 Å². The Hall–Kier alpha value is -1.35. The zero-order chi connectivity index (χ0) is 17.1. The molecule has 0 aliphatic heterocycles. The van der Waals surface area contributed by atoms with Gasteiger partial charge in [0.2, 0.25) is 5.91 Å². The fourth-order valence-corrected chi connectivity index (χ4v) is 2.05. The lowest BCUT2D eigenvalue weighted by atomic mass is 10.1. The van der Waals surface area contributed by atoms with E-state index in [2.05, 4.69) is 53.0 Å². The van der Waals surface area contributed by atoms with Crippen LogP contribution >= 0.6 is 24.0 Å². The van der Waals surface area contributed by atoms with Gasteiger partial charge in [0.15, 0.2) is 5.96 Å². The maximum absolute atomic E-state index is 11.7. The van der Waals surface area contributed by atoms with Gasteiger partial charge in [-0.05, 0) is 31.9 Å². The Morgan fingerprint density at radius 1 is 1.21 bits per heavy atom. The molecule has 0 aliphatic carbocycles. The van der Waals surface area contributed by atoms with E-state index < -0.39 is 0 Å². The molecule has 1 amide bonds. The number of methoxy groups -OCH3 is 1. The first-order valence-electron chi connectivity index (χ1n) is 7.90. The van der Waals surface area contributed by atoms with Crippen molar-refractivity contribution in [3.8, 4) is 0 Å². The van der Waals surface area contributed by atoms with Crippen molar-refractivity contribution in [2.24, 2.45) is 4.99 Å². The van der Waals surface area contributed by atoms with E-state index in [4.69, 9.17) is 4.74 Å². The molecule has 0 aliphatic rings. The normalized spacial score (nSPS) is 10.8. The quantitative estimate of drug-likeness (QED) is 0.245. The first-order chi connectivity index (χ1) is 11.1. The lowest BCUT2D eigenvalue weighted by molar-refractivity contribution is -0.120. The van der Waals surface area contributed by atoms with Crippen LogP contribution in [-0.4, -0.2) is 45.2 Å². The summed E-state index contributed by atoms with van der Waals surface area (Å²) in [7, 11) is 1.60. The predicted molar refractivity (Wildman–Crippen MR) is 109 cm³/mol. The molecule has 1 aromatic rings. The third-order valence-corrected chi connectivity index (χ3v) is 3.29. The highest BCUT2D eigenvalue weighted by atomic mass is 127. The number of nitrogens with zero attached hydrogens (tertiary/aromatic N) is 1. The van der Waals surface area contributed by atoms with Crippen LogP contribution in [0.2, 0.25) is 0 Å². The predicted octanol–water partition coefficient (Wildman–Crippen LogP) is 1.74. The molecule has 1 aromatic carbocycles. The van der Waals surface area contributed by atoms with Crippen molar-refractivity contribution in [1.29, 1.82) is 0 Å². The topological polar surface area (TPSA) is 74.8 Å². The molecule has 0 saturated carbocycles. The number of guanidine groups is 1. The molecule has 136 valence electrons. The van der Waals surface area contributed by atoms with Crippen molar-refractivity contribution < 1.29 is 9.53 Å². The number of rotatable bonds is 8. The van der Waals surface area contributed by atoms with Crippen molar-refractivity contribution in [3.05, 3.63) is 34.9 Å². The van der Waals surface area contributed by atoms with Crippen LogP contribution in [0, 0.1) is 13.8 Å². The molecule has 24 heavy (non-hydrogen) atoms. The fraction of sp³-hybridized carbons (Fsp3) is 0.529. The molecule has 0 saturated heterocycles. The van der Waals surface area contributed by atoms with Gasteiger partial charge in [-0.2, -0.15) is 0 Å². The summed E-state index contributed by atoms with van der Waals surface area (Å²) < 4.78 is 4.89. The van der Waals surface area contributed by atoms with Gasteiger partial charge in [-0.1, -0.05) is 23.8 Å². The van der Waals surface area contributed by atoms with Crippen molar-refractivity contribution in [2.75, 3.05) is 33.4 Å². The van der Waals surface area contributed by atoms with Crippen LogP contribution in [-0.2, 0) is 16.1 Å². The van der Waals surface area contributed by atoms with Crippen molar-refractivity contribution in [2.45, 2.75) is 27.3 Å². The monoisotopic (exact) mass is 448 g/mol. The Labute approximate surface area is 161 Å². The molecule has 6 nitrogen and oxygen atoms in total. The Morgan fingerprint density at radius 2 is 1.96 bits per heavy atom. The van der Waals surface area contributed by atoms with Gasteiger partial charge in [0.1, 0.15) is 0 Å². The number of benzene rings is 1. The number of hydrogen-bond acceptors (Lipinski definition) is 3. The maximum Gasteiger partial charge on any atom is 0.239 e. The first kappa shape index (κ1) is 22.6. The number of ether oxygens (including phenoxy) is 1. The molecular formula is C17H29IN4O2. The van der Waals surface area contributed by atoms with Crippen molar-refractivity contribution in [1.82, 2.24) is 16.0 Å². The summed E-state index contributed by atoms with van der Waals surface area (Å²) >= 11 is 0. The van der Waals surface area contributed by atoms with E-state index in [0.29, 0.717) is 25.7 Å². The summed E-state index contributed by atoms with van der Waals surface area (Å²) in [6, 6.07) is 6.32. The van der Waals surface area contributed by atoms with E-state index in [1.807, 2.05) is 6.92 Å². The van der Waals surface area contributed by atoms with Crippen LogP contribution in [0.5, 0.6) is 0 Å². The lowest BCUT2D eigenvalue weighted by Crippen LogP contribution is -2.43. The lowest BCUT2D eigenvalue weighted by Gasteiger charge is -2.12. The minimum absolute atomic E-state index is 0. The summed E-state index contributed by atoms with van der Waals surface area (Å²) in [5, 5.41) is 8.94. The van der Waals surface area contributed by atoms with Gasteiger partial charge in [0.05, 0.1) is 19.7 Å². The Bertz CT molecular complexity index is 535. The van der Waals surface area contributed by atoms with E-state index in [1.165, 1.54) is 16.7 Å². The van der Waals surface area contributed by atoms with Gasteiger partial charge < -0.3 is 20.7 Å². The summed E-state index contributed by atoms with van der Waals surface area (Å²) in [4.78, 5) is 16.2. The van der Waals surface area contributed by atoms with Crippen LogP contribution in [0.15, 0.2) is 23.2 Å². The van der Waals surface area contributed by atoms with Gasteiger partial charge in [-0.3, -0.25) is 4.79 Å². The number of nitrogens with one attached hydrogen (secondary N) is 3. The Morgan fingerprint density at radius 3 is 2.58 bits per heavy atom. The third kappa shape index (κ3) is 9.07. The molecule has 3 N–H and O–H groups in total. The Kier molecular flexibility index (Phi) is 12.3. The van der Waals surface area contributed by atoms with Crippen LogP contribution in [0.1, 0.15) is 23.6 Å². The standard InChI is InChI=1S/C17H28N4O2.HI/c1-5-18-17(21-12-16(22)19-8-9-23-4)20-11-15-7-6-13(2)10-14(15)3;/h6-7,10H,5,8-9,11-12H2,1-4H3,(H,19,22)(H2,18,20,21);1H. The van der Waals surface area contributed by atoms with Crippen LogP contribution in [0.25, 0.3) is 0 Å². The molecule has 0 radical (unpaired) electrons. The van der Waals surface area contributed by atoms with E-state index in [1.54, 1.807) is 7.11 Å². The molecule has 0 atom stereocenters. The summed E-state index contributed by atoms with van der Waals surface area (Å²) in [5.74, 6) is 0.550. The zero-order valence-corrected chi connectivity index (χ0v) is 17.3. The average Bonchev–Trinajstić information content (AvgIpc) is 2.51. The molecule has 0 spiro atoms. The molecule has 0 bridgehead atoms. The second kappa shape index (κ2) is 13.0. The van der Waals surface area contributed by atoms with E-state index >= 15 is 0 Å². The second-order valence-electron chi connectivity index (χ2n) is 5.32. The summed E-state index contributed by atoms with van der Waals surface area (Å²) in [6.45, 7) is 8.67. The van der Waals surface area contributed by atoms with E-state index in [9.17, 15) is 4.79 Å². The number of halogens is 1. The van der Waals surface area contributed by atoms with Crippen molar-refractivity contribution in [3.63, 3.8) is 0 Å². The maximum atomic E-state index is 11.7. The number of carbonyl (C=O) groups excluding carboxylic acids is 1. The largest absolute Gasteiger partial charge is 0.383 e. The minimum atomic E-state index is -0.0841. The number of carbonyl (C=O) groups is 1. The molecule has 0 fully saturated rings. The molecular weight excluding hydrogens is 419 g/mol. The molecule has 0 unspecified atom stereocenters. The first-order valence-corrected chi connectivity index (χ1v) is 7.90. The number of amides is 1. The summed E-state index contributed by atoms with van der Waals surface area (Å²) in [6.07, 6.45) is 0. The Balaban J connectivity index is 0.00000529. The number of hydrogen-bond donors (Lipinski definition) is 3. The van der Waals surface area contributed by atoms with Crippen LogP contribution in [0.4, 0.5) is 0 Å². The van der Waals surface area contributed by atoms with Gasteiger partial charge in [-0.15, -0.1) is 24.0 Å². The molecule has 0 heterocycles. The number of aryl methyl sites for hydroxylation is 2. The fourth-order valence-electron chi connectivity index (χ4n) is 2.05. The van der Waals surface area contributed by atoms with E-state index in [-0.39, 0.29) is 36.4 Å². The van der Waals surface area contributed by atoms with Gasteiger partial charge in [-0.25, -0.2) is 4.99 Å². The third-order valence-electron chi connectivity index (χ3n) is 3.29. The summed E-state index contributed by atoms with van der Waals surface area (Å²) in [5.41, 5.74) is 3.65. The molecule has 1 rings (SSSR count). The van der Waals surface area contributed by atoms with Crippen molar-refractivity contribution >= 4 is 35.8 Å². The average molecular weight is 448 g/mol. The minimum Gasteiger partial charge on any atom is -0.383 e. The van der Waals surface area contributed by atoms with Gasteiger partial charge in [0.25, 0.3) is 0 Å². The van der Waals surface area contributed by atoms with Gasteiger partial charge >= 0.3 is 0 Å². The van der Waals surface area contributed by atoms with E-state index in [0.717, 1.165) is 6.54 Å². The number of aliphatic imine (C=N–C) groups is 1. The highest BCUT2D eigenvalue weighted by molar-refractivity contribution is 14.0. The highest BCUT2D eigenvalue weighted by Gasteiger charge is 2.04. The highest BCUT2D eigenvalue weighted by Crippen LogP contribution is 2.11. The van der Waals surface area contributed by atoms with Gasteiger partial charge in [0, 0.05) is 20.2 Å². The smallest absolute Gasteiger partial charge is 0.239 e. The molecule has 7 heteroatoms. The van der Waals surface area contributed by atoms with Crippen LogP contribution < -0.4 is 16.0 Å². The molecule has 0 aromatic heterocycles.